The molecule has 0 aliphatic carbocycles. The van der Waals surface area contributed by atoms with E-state index >= 15 is 0 Å². The number of nitrogen functional groups attached to an aromatic ring is 1. The van der Waals surface area contributed by atoms with Crippen LogP contribution in [0, 0.1) is 0 Å². The molecule has 0 saturated carbocycles. The summed E-state index contributed by atoms with van der Waals surface area (Å²) in [7, 11) is -3.78. The number of hydrogen-bond acceptors (Lipinski definition) is 4. The maximum atomic E-state index is 11.2. The molecule has 0 spiro atoms. The van der Waals surface area contributed by atoms with Gasteiger partial charge in [-0.2, -0.15) is 0 Å². The number of rotatable bonds is 3. The zero-order valence-corrected chi connectivity index (χ0v) is 12.4. The minimum absolute atomic E-state index is 0.0530. The van der Waals surface area contributed by atoms with Crippen LogP contribution in [0.15, 0.2) is 41.3 Å². The van der Waals surface area contributed by atoms with E-state index in [0.717, 1.165) is 0 Å². The summed E-state index contributed by atoms with van der Waals surface area (Å²) in [6.45, 7) is 0. The van der Waals surface area contributed by atoms with Gasteiger partial charge in [0.25, 0.3) is 0 Å². The van der Waals surface area contributed by atoms with E-state index in [1.54, 1.807) is 18.2 Å². The van der Waals surface area contributed by atoms with Crippen molar-refractivity contribution in [2.24, 2.45) is 5.14 Å². The predicted octanol–water partition coefficient (Wildman–Crippen LogP) is 2.97. The Labute approximate surface area is 126 Å². The first-order chi connectivity index (χ1) is 9.27. The number of anilines is 3. The quantitative estimate of drug-likeness (QED) is 0.753. The molecule has 0 amide bonds. The first kappa shape index (κ1) is 14.9. The molecular formula is C12H11Cl2N3O2S. The highest BCUT2D eigenvalue weighted by atomic mass is 35.5. The zero-order valence-electron chi connectivity index (χ0n) is 10.1. The Kier molecular flexibility index (Phi) is 4.10. The van der Waals surface area contributed by atoms with Crippen molar-refractivity contribution >= 4 is 50.3 Å². The van der Waals surface area contributed by atoms with Gasteiger partial charge in [0, 0.05) is 5.02 Å². The van der Waals surface area contributed by atoms with Gasteiger partial charge in [-0.15, -0.1) is 0 Å². The van der Waals surface area contributed by atoms with Crippen LogP contribution >= 0.6 is 23.2 Å². The largest absolute Gasteiger partial charge is 0.397 e. The molecule has 5 N–H and O–H groups in total. The number of nitrogens with one attached hydrogen (secondary N) is 1. The Morgan fingerprint density at radius 2 is 1.65 bits per heavy atom. The lowest BCUT2D eigenvalue weighted by molar-refractivity contribution is 0.598. The number of hydrogen-bond donors (Lipinski definition) is 3. The maximum absolute atomic E-state index is 11.2. The second kappa shape index (κ2) is 5.49. The summed E-state index contributed by atoms with van der Waals surface area (Å²) >= 11 is 11.8. The van der Waals surface area contributed by atoms with E-state index in [1.807, 2.05) is 0 Å². The van der Waals surface area contributed by atoms with Crippen LogP contribution in [0.3, 0.4) is 0 Å². The molecule has 0 fully saturated rings. The van der Waals surface area contributed by atoms with Gasteiger partial charge < -0.3 is 11.1 Å². The van der Waals surface area contributed by atoms with Gasteiger partial charge in [-0.3, -0.25) is 0 Å². The van der Waals surface area contributed by atoms with Crippen LogP contribution in [0.25, 0.3) is 0 Å². The van der Waals surface area contributed by atoms with Crippen molar-refractivity contribution in [2.45, 2.75) is 4.90 Å². The minimum Gasteiger partial charge on any atom is -0.397 e. The maximum Gasteiger partial charge on any atom is 0.238 e. The van der Waals surface area contributed by atoms with E-state index in [-0.39, 0.29) is 10.6 Å². The predicted molar refractivity (Wildman–Crippen MR) is 82.0 cm³/mol. The lowest BCUT2D eigenvalue weighted by atomic mass is 10.2. The van der Waals surface area contributed by atoms with Gasteiger partial charge in [0.15, 0.2) is 0 Å². The number of benzene rings is 2. The first-order valence-corrected chi connectivity index (χ1v) is 7.72. The van der Waals surface area contributed by atoms with Gasteiger partial charge in [-0.25, -0.2) is 13.6 Å². The van der Waals surface area contributed by atoms with Gasteiger partial charge in [0.1, 0.15) is 0 Å². The summed E-state index contributed by atoms with van der Waals surface area (Å²) in [6, 6.07) is 9.10. The Hall–Kier alpha value is -1.47. The molecular weight excluding hydrogens is 321 g/mol. The molecule has 20 heavy (non-hydrogen) atoms. The average molecular weight is 332 g/mol. The topological polar surface area (TPSA) is 98.2 Å². The molecule has 0 bridgehead atoms. The number of nitrogens with two attached hydrogens (primary N) is 2. The van der Waals surface area contributed by atoms with Crippen molar-refractivity contribution in [3.05, 3.63) is 46.4 Å². The smallest absolute Gasteiger partial charge is 0.238 e. The molecule has 5 nitrogen and oxygen atoms in total. The molecule has 0 radical (unpaired) electrons. The average Bonchev–Trinajstić information content (AvgIpc) is 2.33. The Balaban J connectivity index is 2.35. The molecule has 0 aliphatic rings. The van der Waals surface area contributed by atoms with Crippen molar-refractivity contribution in [2.75, 3.05) is 11.1 Å². The fourth-order valence-corrected chi connectivity index (χ4v) is 2.57. The van der Waals surface area contributed by atoms with Gasteiger partial charge in [0.2, 0.25) is 10.0 Å². The second-order valence-corrected chi connectivity index (χ2v) is 6.45. The molecule has 2 aromatic rings. The molecule has 0 saturated heterocycles. The van der Waals surface area contributed by atoms with Crippen LogP contribution in [-0.2, 0) is 10.0 Å². The van der Waals surface area contributed by atoms with Gasteiger partial charge in [0.05, 0.1) is 27.0 Å². The normalized spacial score (nSPS) is 11.3. The van der Waals surface area contributed by atoms with Crippen LogP contribution in [-0.4, -0.2) is 8.42 Å². The lowest BCUT2D eigenvalue weighted by Gasteiger charge is -2.12. The third-order valence-corrected chi connectivity index (χ3v) is 4.01. The van der Waals surface area contributed by atoms with E-state index in [1.165, 1.54) is 18.2 Å². The Morgan fingerprint density at radius 1 is 1.00 bits per heavy atom. The molecule has 0 aromatic heterocycles. The van der Waals surface area contributed by atoms with Gasteiger partial charge in [-0.05, 0) is 36.4 Å². The number of halogens is 2. The van der Waals surface area contributed by atoms with Crippen molar-refractivity contribution in [3.63, 3.8) is 0 Å². The first-order valence-electron chi connectivity index (χ1n) is 5.42. The Morgan fingerprint density at radius 3 is 2.20 bits per heavy atom. The van der Waals surface area contributed by atoms with E-state index in [2.05, 4.69) is 5.32 Å². The van der Waals surface area contributed by atoms with Crippen molar-refractivity contribution in [1.29, 1.82) is 0 Å². The zero-order chi connectivity index (χ0) is 14.9. The fraction of sp³-hybridized carbons (Fsp3) is 0. The summed E-state index contributed by atoms with van der Waals surface area (Å²) < 4.78 is 22.4. The summed E-state index contributed by atoms with van der Waals surface area (Å²) in [5.74, 6) is 0. The molecule has 106 valence electrons. The van der Waals surface area contributed by atoms with Crippen LogP contribution in [0.5, 0.6) is 0 Å². The summed E-state index contributed by atoms with van der Waals surface area (Å²) in [5.41, 5.74) is 7.15. The number of sulfonamides is 1. The highest BCUT2D eigenvalue weighted by Gasteiger charge is 2.11. The molecule has 8 heteroatoms. The van der Waals surface area contributed by atoms with Crippen molar-refractivity contribution in [1.82, 2.24) is 0 Å². The van der Waals surface area contributed by atoms with E-state index < -0.39 is 10.0 Å². The summed E-state index contributed by atoms with van der Waals surface area (Å²) in [4.78, 5) is -0.0530. The van der Waals surface area contributed by atoms with Crippen LogP contribution in [0.2, 0.25) is 10.0 Å². The fourth-order valence-electron chi connectivity index (χ4n) is 1.57. The molecule has 0 unspecified atom stereocenters. The highest BCUT2D eigenvalue weighted by molar-refractivity contribution is 7.89. The molecule has 0 atom stereocenters. The van der Waals surface area contributed by atoms with Crippen LogP contribution < -0.4 is 16.2 Å². The van der Waals surface area contributed by atoms with Crippen LogP contribution in [0.1, 0.15) is 0 Å². The van der Waals surface area contributed by atoms with Gasteiger partial charge >= 0.3 is 0 Å². The molecule has 2 rings (SSSR count). The Bertz CT molecular complexity index is 763. The minimum atomic E-state index is -3.78. The van der Waals surface area contributed by atoms with E-state index in [9.17, 15) is 8.42 Å². The third-order valence-electron chi connectivity index (χ3n) is 2.55. The molecule has 0 heterocycles. The summed E-state index contributed by atoms with van der Waals surface area (Å²) in [5, 5.41) is 8.96. The second-order valence-electron chi connectivity index (χ2n) is 4.04. The third kappa shape index (κ3) is 3.34. The molecule has 2 aromatic carbocycles. The standard InChI is InChI=1S/C12H11Cl2N3O2S/c13-7-1-3-11(9(14)5-7)17-12-4-2-8(6-10(12)15)20(16,18)19/h1-6,17H,15H2,(H2,16,18,19). The summed E-state index contributed by atoms with van der Waals surface area (Å²) in [6.07, 6.45) is 0. The van der Waals surface area contributed by atoms with E-state index in [0.29, 0.717) is 21.4 Å². The lowest BCUT2D eigenvalue weighted by Crippen LogP contribution is -2.12. The monoisotopic (exact) mass is 331 g/mol. The number of primary sulfonamides is 1. The molecule has 0 aliphatic heterocycles. The van der Waals surface area contributed by atoms with Crippen molar-refractivity contribution < 1.29 is 8.42 Å². The van der Waals surface area contributed by atoms with E-state index in [4.69, 9.17) is 34.1 Å². The van der Waals surface area contributed by atoms with Crippen molar-refractivity contribution in [3.8, 4) is 0 Å². The van der Waals surface area contributed by atoms with Gasteiger partial charge in [-0.1, -0.05) is 23.2 Å². The van der Waals surface area contributed by atoms with Crippen LogP contribution in [0.4, 0.5) is 17.1 Å². The highest BCUT2D eigenvalue weighted by Crippen LogP contribution is 2.31. The SMILES string of the molecule is Nc1cc(S(N)(=O)=O)ccc1Nc1ccc(Cl)cc1Cl.